The van der Waals surface area contributed by atoms with Gasteiger partial charge in [-0.1, -0.05) is 29.8 Å². The average Bonchev–Trinajstić information content (AvgIpc) is 2.62. The number of primary amides is 1. The van der Waals surface area contributed by atoms with Gasteiger partial charge in [-0.2, -0.15) is 0 Å². The number of nitrogens with zero attached hydrogens (tertiary/aromatic N) is 2. The van der Waals surface area contributed by atoms with E-state index < -0.39 is 5.91 Å². The molecule has 2 aromatic heterocycles. The Morgan fingerprint density at radius 1 is 1.15 bits per heavy atom. The third kappa shape index (κ3) is 3.68. The van der Waals surface area contributed by atoms with E-state index in [1.54, 1.807) is 12.3 Å². The molecule has 0 bridgehead atoms. The Hall–Kier alpha value is -2.92. The van der Waals surface area contributed by atoms with Crippen LogP contribution in [0.25, 0.3) is 11.4 Å². The summed E-state index contributed by atoms with van der Waals surface area (Å²) in [6, 6.07) is 14.2. The van der Waals surface area contributed by atoms with E-state index in [-0.39, 0.29) is 11.1 Å². The zero-order chi connectivity index (χ0) is 18.7. The number of aromatic nitrogens is 2. The minimum Gasteiger partial charge on any atom is -0.366 e. The molecule has 5 nitrogen and oxygen atoms in total. The fourth-order valence-electron chi connectivity index (χ4n) is 2.92. The van der Waals surface area contributed by atoms with Gasteiger partial charge in [0.05, 0.1) is 17.0 Å². The van der Waals surface area contributed by atoms with Crippen LogP contribution >= 0.6 is 11.6 Å². The van der Waals surface area contributed by atoms with E-state index in [9.17, 15) is 9.59 Å². The van der Waals surface area contributed by atoms with Crippen molar-refractivity contribution >= 4 is 17.5 Å². The molecule has 3 rings (SSSR count). The van der Waals surface area contributed by atoms with Gasteiger partial charge in [-0.25, -0.2) is 0 Å². The molecule has 0 unspecified atom stereocenters. The molecule has 132 valence electrons. The van der Waals surface area contributed by atoms with Gasteiger partial charge in [-0.15, -0.1) is 0 Å². The molecule has 0 atom stereocenters. The Morgan fingerprint density at radius 2 is 1.96 bits per heavy atom. The van der Waals surface area contributed by atoms with E-state index in [2.05, 4.69) is 4.98 Å². The van der Waals surface area contributed by atoms with Gasteiger partial charge >= 0.3 is 0 Å². The number of carbonyl (C=O) groups excluding carboxylic acids is 1. The predicted octanol–water partition coefficient (Wildman–Crippen LogP) is 3.27. The molecular formula is C20H18ClN3O2. The number of carbonyl (C=O) groups is 1. The van der Waals surface area contributed by atoms with Gasteiger partial charge in [-0.3, -0.25) is 14.6 Å². The number of hydrogen-bond acceptors (Lipinski definition) is 3. The summed E-state index contributed by atoms with van der Waals surface area (Å²) >= 11 is 6.02. The normalized spacial score (nSPS) is 10.7. The summed E-state index contributed by atoms with van der Waals surface area (Å²) in [6.07, 6.45) is 2.42. The molecular weight excluding hydrogens is 350 g/mol. The zero-order valence-electron chi connectivity index (χ0n) is 14.3. The van der Waals surface area contributed by atoms with E-state index in [1.165, 1.54) is 16.7 Å². The molecule has 0 spiro atoms. The molecule has 6 heteroatoms. The number of halogens is 1. The maximum atomic E-state index is 12.1. The topological polar surface area (TPSA) is 78.0 Å². The van der Waals surface area contributed by atoms with E-state index in [4.69, 9.17) is 17.3 Å². The van der Waals surface area contributed by atoms with Crippen LogP contribution in [0.1, 0.15) is 28.4 Å². The van der Waals surface area contributed by atoms with E-state index >= 15 is 0 Å². The third-order valence-electron chi connectivity index (χ3n) is 4.13. The molecule has 1 amide bonds. The lowest BCUT2D eigenvalue weighted by Gasteiger charge is -2.14. The van der Waals surface area contributed by atoms with Crippen LogP contribution in [0.2, 0.25) is 5.02 Å². The minimum atomic E-state index is -0.591. The molecule has 3 aromatic rings. The average molecular weight is 368 g/mol. The van der Waals surface area contributed by atoms with Crippen LogP contribution in [0.4, 0.5) is 0 Å². The highest BCUT2D eigenvalue weighted by molar-refractivity contribution is 6.30. The lowest BCUT2D eigenvalue weighted by atomic mass is 10.0. The summed E-state index contributed by atoms with van der Waals surface area (Å²) in [7, 11) is 0. The predicted molar refractivity (Wildman–Crippen MR) is 102 cm³/mol. The Morgan fingerprint density at radius 3 is 2.58 bits per heavy atom. The highest BCUT2D eigenvalue weighted by atomic mass is 35.5. The van der Waals surface area contributed by atoms with Crippen molar-refractivity contribution in [3.8, 4) is 11.4 Å². The van der Waals surface area contributed by atoms with Crippen LogP contribution < -0.4 is 11.3 Å². The zero-order valence-corrected chi connectivity index (χ0v) is 15.0. The van der Waals surface area contributed by atoms with Gasteiger partial charge < -0.3 is 10.3 Å². The highest BCUT2D eigenvalue weighted by Crippen LogP contribution is 2.22. The Labute approximate surface area is 156 Å². The summed E-state index contributed by atoms with van der Waals surface area (Å²) in [5, 5.41) is 0.689. The number of hydrogen-bond donors (Lipinski definition) is 1. The van der Waals surface area contributed by atoms with Gasteiger partial charge in [0.25, 0.3) is 11.5 Å². The number of rotatable bonds is 5. The molecule has 0 saturated carbocycles. The molecule has 0 aliphatic carbocycles. The first-order valence-electron chi connectivity index (χ1n) is 8.23. The molecule has 0 aliphatic rings. The monoisotopic (exact) mass is 367 g/mol. The van der Waals surface area contributed by atoms with Crippen molar-refractivity contribution in [2.24, 2.45) is 5.73 Å². The van der Waals surface area contributed by atoms with Gasteiger partial charge in [0.1, 0.15) is 0 Å². The number of nitrogens with two attached hydrogens (primary N) is 1. The summed E-state index contributed by atoms with van der Waals surface area (Å²) < 4.78 is 1.50. The Balaban J connectivity index is 2.00. The van der Waals surface area contributed by atoms with Gasteiger partial charge in [-0.05, 0) is 48.7 Å². The molecule has 2 N–H and O–H groups in total. The number of pyridine rings is 2. The second-order valence-electron chi connectivity index (χ2n) is 5.90. The summed E-state index contributed by atoms with van der Waals surface area (Å²) in [6.45, 7) is 2.25. The maximum absolute atomic E-state index is 12.1. The van der Waals surface area contributed by atoms with Crippen molar-refractivity contribution in [2.45, 2.75) is 19.9 Å². The van der Waals surface area contributed by atoms with E-state index in [0.29, 0.717) is 29.4 Å². The van der Waals surface area contributed by atoms with Crippen LogP contribution in [-0.2, 0) is 13.0 Å². The van der Waals surface area contributed by atoms with Gasteiger partial charge in [0, 0.05) is 23.8 Å². The summed E-state index contributed by atoms with van der Waals surface area (Å²) in [5.41, 5.74) is 8.62. The molecule has 2 heterocycles. The molecule has 1 aromatic carbocycles. The second-order valence-corrected chi connectivity index (χ2v) is 6.34. The molecule has 0 aliphatic heterocycles. The van der Waals surface area contributed by atoms with Crippen LogP contribution in [0, 0.1) is 0 Å². The second kappa shape index (κ2) is 7.54. The van der Waals surface area contributed by atoms with Gasteiger partial charge in [0.15, 0.2) is 0 Å². The first kappa shape index (κ1) is 17.9. The smallest absolute Gasteiger partial charge is 0.251 e. The standard InChI is InChI=1S/C20H18ClN3O2/c1-2-24-18(25)9-7-16(20(22)26)19(24)17-8-6-14(12-23-17)10-13-4-3-5-15(21)11-13/h3-9,11-12H,2,10H2,1H3,(H2,22,26). The largest absolute Gasteiger partial charge is 0.366 e. The van der Waals surface area contributed by atoms with Crippen LogP contribution in [0.15, 0.2) is 59.5 Å². The van der Waals surface area contributed by atoms with Crippen molar-refractivity contribution in [2.75, 3.05) is 0 Å². The highest BCUT2D eigenvalue weighted by Gasteiger charge is 2.16. The SMILES string of the molecule is CCn1c(-c2ccc(Cc3cccc(Cl)c3)cn2)c(C(N)=O)ccc1=O. The van der Waals surface area contributed by atoms with E-state index in [1.807, 2.05) is 37.3 Å². The fourth-order valence-corrected chi connectivity index (χ4v) is 3.13. The van der Waals surface area contributed by atoms with Gasteiger partial charge in [0.2, 0.25) is 0 Å². The molecule has 0 radical (unpaired) electrons. The molecule has 26 heavy (non-hydrogen) atoms. The van der Waals surface area contributed by atoms with Crippen molar-refractivity contribution in [1.29, 1.82) is 0 Å². The van der Waals surface area contributed by atoms with Crippen molar-refractivity contribution in [1.82, 2.24) is 9.55 Å². The lowest BCUT2D eigenvalue weighted by Crippen LogP contribution is -2.25. The molecule has 0 saturated heterocycles. The quantitative estimate of drug-likeness (QED) is 0.751. The molecule has 0 fully saturated rings. The van der Waals surface area contributed by atoms with Crippen LogP contribution in [0.5, 0.6) is 0 Å². The first-order chi connectivity index (χ1) is 12.5. The van der Waals surface area contributed by atoms with Crippen molar-refractivity contribution < 1.29 is 4.79 Å². The summed E-state index contributed by atoms with van der Waals surface area (Å²) in [4.78, 5) is 28.4. The minimum absolute atomic E-state index is 0.197. The van der Waals surface area contributed by atoms with Crippen LogP contribution in [-0.4, -0.2) is 15.5 Å². The number of benzene rings is 1. The number of amides is 1. The van der Waals surface area contributed by atoms with E-state index in [0.717, 1.165) is 11.1 Å². The Kier molecular flexibility index (Phi) is 5.19. The Bertz CT molecular complexity index is 1010. The van der Waals surface area contributed by atoms with Crippen LogP contribution in [0.3, 0.4) is 0 Å². The summed E-state index contributed by atoms with van der Waals surface area (Å²) in [5.74, 6) is -0.591. The third-order valence-corrected chi connectivity index (χ3v) is 4.37. The van der Waals surface area contributed by atoms with Crippen molar-refractivity contribution in [3.05, 3.63) is 86.8 Å². The first-order valence-corrected chi connectivity index (χ1v) is 8.60. The van der Waals surface area contributed by atoms with Crippen molar-refractivity contribution in [3.63, 3.8) is 0 Å². The fraction of sp³-hybridized carbons (Fsp3) is 0.150. The maximum Gasteiger partial charge on any atom is 0.251 e. The lowest BCUT2D eigenvalue weighted by molar-refractivity contribution is 0.1000.